The van der Waals surface area contributed by atoms with E-state index < -0.39 is 9.84 Å². The van der Waals surface area contributed by atoms with E-state index in [-0.39, 0.29) is 5.92 Å². The van der Waals surface area contributed by atoms with Crippen LogP contribution in [0, 0.1) is 5.92 Å². The first kappa shape index (κ1) is 17.9. The summed E-state index contributed by atoms with van der Waals surface area (Å²) in [7, 11) is -2.85. The standard InChI is InChI=1S/C16H26N4O2S2/c1-2-9-20-15(14-5-7-17-8-6-14)18-19-16(20)23-11-13-4-3-10-24(21,22)12-13/h2,13-14,17H,1,3-12H2/t13-/m1/s1. The predicted molar refractivity (Wildman–Crippen MR) is 97.2 cm³/mol. The maximum Gasteiger partial charge on any atom is 0.191 e. The van der Waals surface area contributed by atoms with E-state index >= 15 is 0 Å². The Morgan fingerprint density at radius 1 is 1.29 bits per heavy atom. The first-order valence-electron chi connectivity index (χ1n) is 8.67. The van der Waals surface area contributed by atoms with Gasteiger partial charge in [0.1, 0.15) is 5.82 Å². The molecule has 3 rings (SSSR count). The zero-order valence-corrected chi connectivity index (χ0v) is 15.6. The van der Waals surface area contributed by atoms with E-state index in [2.05, 4.69) is 26.7 Å². The zero-order chi connectivity index (χ0) is 17.0. The summed E-state index contributed by atoms with van der Waals surface area (Å²) in [6, 6.07) is 0. The number of rotatable bonds is 6. The topological polar surface area (TPSA) is 76.9 Å². The molecule has 2 saturated heterocycles. The summed E-state index contributed by atoms with van der Waals surface area (Å²) >= 11 is 1.64. The van der Waals surface area contributed by atoms with Gasteiger partial charge in [-0.1, -0.05) is 17.8 Å². The average Bonchev–Trinajstić information content (AvgIpc) is 2.96. The van der Waals surface area contributed by atoms with Crippen LogP contribution in [0.15, 0.2) is 17.8 Å². The lowest BCUT2D eigenvalue weighted by Crippen LogP contribution is -2.28. The summed E-state index contributed by atoms with van der Waals surface area (Å²) in [4.78, 5) is 0. The molecule has 1 N–H and O–H groups in total. The van der Waals surface area contributed by atoms with Crippen LogP contribution in [-0.4, -0.2) is 53.5 Å². The lowest BCUT2D eigenvalue weighted by molar-refractivity contribution is 0.431. The van der Waals surface area contributed by atoms with Gasteiger partial charge in [-0.15, -0.1) is 16.8 Å². The molecule has 0 aliphatic carbocycles. The minimum absolute atomic E-state index is 0.227. The molecule has 2 fully saturated rings. The third-order valence-electron chi connectivity index (χ3n) is 4.77. The van der Waals surface area contributed by atoms with Crippen LogP contribution in [0.4, 0.5) is 0 Å². The van der Waals surface area contributed by atoms with Crippen LogP contribution < -0.4 is 5.32 Å². The maximum absolute atomic E-state index is 11.8. The van der Waals surface area contributed by atoms with Crippen molar-refractivity contribution in [2.75, 3.05) is 30.3 Å². The largest absolute Gasteiger partial charge is 0.317 e. The van der Waals surface area contributed by atoms with E-state index in [4.69, 9.17) is 0 Å². The second kappa shape index (κ2) is 8.01. The van der Waals surface area contributed by atoms with Crippen LogP contribution in [0.2, 0.25) is 0 Å². The first-order valence-corrected chi connectivity index (χ1v) is 11.5. The third kappa shape index (κ3) is 4.40. The highest BCUT2D eigenvalue weighted by Crippen LogP contribution is 2.30. The third-order valence-corrected chi connectivity index (χ3v) is 7.86. The van der Waals surface area contributed by atoms with E-state index in [9.17, 15) is 8.42 Å². The molecule has 3 heterocycles. The summed E-state index contributed by atoms with van der Waals surface area (Å²) < 4.78 is 25.7. The van der Waals surface area contributed by atoms with Crippen molar-refractivity contribution in [3.63, 3.8) is 0 Å². The Morgan fingerprint density at radius 3 is 2.79 bits per heavy atom. The Labute approximate surface area is 148 Å². The van der Waals surface area contributed by atoms with Crippen molar-refractivity contribution in [3.8, 4) is 0 Å². The molecule has 0 unspecified atom stereocenters. The molecule has 0 bridgehead atoms. The minimum atomic E-state index is -2.85. The number of hydrogen-bond donors (Lipinski definition) is 1. The summed E-state index contributed by atoms with van der Waals surface area (Å²) in [6.07, 6.45) is 5.82. The average molecular weight is 371 g/mol. The maximum atomic E-state index is 11.8. The van der Waals surface area contributed by atoms with Gasteiger partial charge < -0.3 is 9.88 Å². The fourth-order valence-corrected chi connectivity index (χ4v) is 6.55. The first-order chi connectivity index (χ1) is 11.6. The monoisotopic (exact) mass is 370 g/mol. The minimum Gasteiger partial charge on any atom is -0.317 e. The summed E-state index contributed by atoms with van der Waals surface area (Å²) in [6.45, 7) is 6.60. The molecule has 0 aromatic carbocycles. The van der Waals surface area contributed by atoms with Gasteiger partial charge in [-0.05, 0) is 44.7 Å². The molecule has 8 heteroatoms. The lowest BCUT2D eigenvalue weighted by Gasteiger charge is -2.23. The highest BCUT2D eigenvalue weighted by molar-refractivity contribution is 7.99. The number of allylic oxidation sites excluding steroid dienone is 1. The van der Waals surface area contributed by atoms with Crippen LogP contribution in [0.25, 0.3) is 0 Å². The molecule has 134 valence electrons. The molecular weight excluding hydrogens is 344 g/mol. The van der Waals surface area contributed by atoms with Crippen molar-refractivity contribution in [1.29, 1.82) is 0 Å². The van der Waals surface area contributed by atoms with Gasteiger partial charge in [0.2, 0.25) is 0 Å². The van der Waals surface area contributed by atoms with E-state index in [1.807, 2.05) is 6.08 Å². The molecule has 24 heavy (non-hydrogen) atoms. The number of piperidine rings is 1. The Bertz CT molecular complexity index is 666. The van der Waals surface area contributed by atoms with Crippen LogP contribution >= 0.6 is 11.8 Å². The zero-order valence-electron chi connectivity index (χ0n) is 14.0. The van der Waals surface area contributed by atoms with E-state index in [1.165, 1.54) is 0 Å². The summed E-state index contributed by atoms with van der Waals surface area (Å²) in [5.74, 6) is 3.18. The lowest BCUT2D eigenvalue weighted by atomic mass is 9.97. The molecule has 0 saturated carbocycles. The highest BCUT2D eigenvalue weighted by atomic mass is 32.2. The van der Waals surface area contributed by atoms with Gasteiger partial charge in [0.15, 0.2) is 15.0 Å². The van der Waals surface area contributed by atoms with Gasteiger partial charge in [0, 0.05) is 18.2 Å². The van der Waals surface area contributed by atoms with Gasteiger partial charge in [-0.25, -0.2) is 8.42 Å². The van der Waals surface area contributed by atoms with E-state index in [1.54, 1.807) is 11.8 Å². The second-order valence-corrected chi connectivity index (χ2v) is 9.91. The molecule has 1 aromatic rings. The molecular formula is C16H26N4O2S2. The number of aromatic nitrogens is 3. The molecule has 1 atom stereocenters. The highest BCUT2D eigenvalue weighted by Gasteiger charge is 2.27. The number of sulfone groups is 1. The summed E-state index contributed by atoms with van der Waals surface area (Å²) in [5.41, 5.74) is 0. The Hall–Kier alpha value is -0.860. The van der Waals surface area contributed by atoms with Crippen molar-refractivity contribution in [2.24, 2.45) is 5.92 Å². The molecule has 0 amide bonds. The normalized spacial score (nSPS) is 24.8. The quantitative estimate of drug-likeness (QED) is 0.608. The number of thioether (sulfide) groups is 1. The second-order valence-electron chi connectivity index (χ2n) is 6.70. The fraction of sp³-hybridized carbons (Fsp3) is 0.750. The molecule has 2 aliphatic heterocycles. The molecule has 0 radical (unpaired) electrons. The number of nitrogens with zero attached hydrogens (tertiary/aromatic N) is 3. The van der Waals surface area contributed by atoms with Crippen LogP contribution in [0.5, 0.6) is 0 Å². The van der Waals surface area contributed by atoms with Crippen LogP contribution in [0.3, 0.4) is 0 Å². The van der Waals surface area contributed by atoms with Gasteiger partial charge in [-0.2, -0.15) is 0 Å². The summed E-state index contributed by atoms with van der Waals surface area (Å²) in [5, 5.41) is 13.1. The molecule has 0 spiro atoms. The van der Waals surface area contributed by atoms with Gasteiger partial charge in [-0.3, -0.25) is 0 Å². The van der Waals surface area contributed by atoms with Crippen molar-refractivity contribution in [3.05, 3.63) is 18.5 Å². The van der Waals surface area contributed by atoms with E-state index in [0.29, 0.717) is 24.0 Å². The van der Waals surface area contributed by atoms with Crippen LogP contribution in [-0.2, 0) is 16.4 Å². The van der Waals surface area contributed by atoms with E-state index in [0.717, 1.165) is 55.5 Å². The van der Waals surface area contributed by atoms with Crippen molar-refractivity contribution >= 4 is 21.6 Å². The Balaban J connectivity index is 1.68. The SMILES string of the molecule is C=CCn1c(SC[C@H]2CCCS(=O)(=O)C2)nnc1C1CCNCC1. The Morgan fingerprint density at radius 2 is 2.08 bits per heavy atom. The molecule has 6 nitrogen and oxygen atoms in total. The molecule has 2 aliphatic rings. The van der Waals surface area contributed by atoms with Crippen molar-refractivity contribution in [2.45, 2.75) is 43.3 Å². The van der Waals surface area contributed by atoms with Crippen LogP contribution in [0.1, 0.15) is 37.4 Å². The Kier molecular flexibility index (Phi) is 5.99. The smallest absolute Gasteiger partial charge is 0.191 e. The number of nitrogens with one attached hydrogen (secondary N) is 1. The fourth-order valence-electron chi connectivity index (χ4n) is 3.53. The van der Waals surface area contributed by atoms with Crippen molar-refractivity contribution in [1.82, 2.24) is 20.1 Å². The van der Waals surface area contributed by atoms with Gasteiger partial charge >= 0.3 is 0 Å². The van der Waals surface area contributed by atoms with Gasteiger partial charge in [0.05, 0.1) is 11.5 Å². The number of hydrogen-bond acceptors (Lipinski definition) is 6. The van der Waals surface area contributed by atoms with Crippen molar-refractivity contribution < 1.29 is 8.42 Å². The predicted octanol–water partition coefficient (Wildman–Crippen LogP) is 1.85. The molecule has 1 aromatic heterocycles. The van der Waals surface area contributed by atoms with Gasteiger partial charge in [0.25, 0.3) is 0 Å².